The molecule has 2 N–H and O–H groups in total. The number of alkyl halides is 3. The molecule has 0 aliphatic carbocycles. The zero-order valence-corrected chi connectivity index (χ0v) is 19.7. The van der Waals surface area contributed by atoms with Gasteiger partial charge in [0.15, 0.2) is 0 Å². The fraction of sp³-hybridized carbons (Fsp3) is 0.417. The summed E-state index contributed by atoms with van der Waals surface area (Å²) in [6.45, 7) is 3.05. The Morgan fingerprint density at radius 2 is 1.79 bits per heavy atom. The van der Waals surface area contributed by atoms with E-state index in [1.54, 1.807) is 7.11 Å². The number of amides is 2. The Hall–Kier alpha value is -2.72. The highest BCUT2D eigenvalue weighted by molar-refractivity contribution is 8.00. The number of nitrogens with zero attached hydrogens (tertiary/aromatic N) is 1. The number of methoxy groups -OCH3 is 1. The summed E-state index contributed by atoms with van der Waals surface area (Å²) in [6.07, 6.45) is 1.93. The fourth-order valence-corrected chi connectivity index (χ4v) is 4.36. The van der Waals surface area contributed by atoms with Crippen molar-refractivity contribution in [3.8, 4) is 5.75 Å². The van der Waals surface area contributed by atoms with Crippen molar-refractivity contribution in [2.45, 2.75) is 29.8 Å². The third-order valence-corrected chi connectivity index (χ3v) is 6.32. The van der Waals surface area contributed by atoms with Crippen LogP contribution < -0.4 is 15.4 Å². The summed E-state index contributed by atoms with van der Waals surface area (Å²) in [6, 6.07) is 13.3. The van der Waals surface area contributed by atoms with E-state index in [2.05, 4.69) is 27.7 Å². The molecule has 2 amide bonds. The van der Waals surface area contributed by atoms with E-state index in [-0.39, 0.29) is 34.7 Å². The predicted octanol–water partition coefficient (Wildman–Crippen LogP) is 4.07. The van der Waals surface area contributed by atoms with Crippen LogP contribution >= 0.6 is 11.8 Å². The Morgan fingerprint density at radius 1 is 1.09 bits per heavy atom. The number of thioether (sulfide) groups is 1. The van der Waals surface area contributed by atoms with Crippen LogP contribution in [0.3, 0.4) is 0 Å². The van der Waals surface area contributed by atoms with E-state index in [1.807, 2.05) is 12.1 Å². The minimum Gasteiger partial charge on any atom is -0.497 e. The van der Waals surface area contributed by atoms with Crippen molar-refractivity contribution < 1.29 is 27.5 Å². The first-order valence-electron chi connectivity index (χ1n) is 11.0. The Kier molecular flexibility index (Phi) is 9.23. The van der Waals surface area contributed by atoms with Crippen molar-refractivity contribution >= 4 is 23.6 Å². The van der Waals surface area contributed by atoms with Gasteiger partial charge in [0.25, 0.3) is 5.91 Å². The zero-order valence-electron chi connectivity index (χ0n) is 18.9. The topological polar surface area (TPSA) is 70.7 Å². The first-order chi connectivity index (χ1) is 16.2. The van der Waals surface area contributed by atoms with Gasteiger partial charge in [-0.3, -0.25) is 14.5 Å². The van der Waals surface area contributed by atoms with Gasteiger partial charge in [-0.25, -0.2) is 0 Å². The SMILES string of the molecule is COc1ccc(CN2CCC(CNC(=O)CNC(=O)c3cccc(SC(F)(F)F)c3)CC2)cc1. The van der Waals surface area contributed by atoms with Gasteiger partial charge in [0.1, 0.15) is 5.75 Å². The number of nitrogens with one attached hydrogen (secondary N) is 2. The Bertz CT molecular complexity index is 962. The molecule has 2 aromatic carbocycles. The van der Waals surface area contributed by atoms with Crippen molar-refractivity contribution in [1.29, 1.82) is 0 Å². The van der Waals surface area contributed by atoms with Gasteiger partial charge in [0, 0.05) is 23.5 Å². The minimum absolute atomic E-state index is 0.0753. The maximum Gasteiger partial charge on any atom is 0.446 e. The highest BCUT2D eigenvalue weighted by Gasteiger charge is 2.29. The standard InChI is InChI=1S/C24H28F3N3O3S/c1-33-20-7-5-18(6-8-20)16-30-11-9-17(10-12-30)14-28-22(31)15-29-23(32)19-3-2-4-21(13-19)34-24(25,26)27/h2-8,13,17H,9-12,14-16H2,1H3,(H,28,31)(H,29,32). The van der Waals surface area contributed by atoms with Gasteiger partial charge in [-0.2, -0.15) is 13.2 Å². The Labute approximate surface area is 201 Å². The molecular weight excluding hydrogens is 467 g/mol. The van der Waals surface area contributed by atoms with Crippen molar-refractivity contribution in [3.63, 3.8) is 0 Å². The number of benzene rings is 2. The average molecular weight is 496 g/mol. The van der Waals surface area contributed by atoms with Gasteiger partial charge in [0.2, 0.25) is 5.91 Å². The zero-order chi connectivity index (χ0) is 24.6. The molecule has 184 valence electrons. The lowest BCUT2D eigenvalue weighted by Gasteiger charge is -2.32. The molecule has 34 heavy (non-hydrogen) atoms. The van der Waals surface area contributed by atoms with E-state index in [0.29, 0.717) is 12.5 Å². The molecule has 10 heteroatoms. The molecule has 1 aliphatic heterocycles. The quantitative estimate of drug-likeness (QED) is 0.514. The Morgan fingerprint density at radius 3 is 2.44 bits per heavy atom. The molecule has 0 aromatic heterocycles. The van der Waals surface area contributed by atoms with E-state index in [9.17, 15) is 22.8 Å². The third-order valence-electron chi connectivity index (χ3n) is 5.60. The number of halogens is 3. The Balaban J connectivity index is 1.34. The summed E-state index contributed by atoms with van der Waals surface area (Å²) in [5.41, 5.74) is -3.13. The van der Waals surface area contributed by atoms with Crippen LogP contribution in [-0.2, 0) is 11.3 Å². The normalized spacial score (nSPS) is 15.1. The maximum atomic E-state index is 12.5. The van der Waals surface area contributed by atoms with Crippen LogP contribution in [0.2, 0.25) is 0 Å². The second-order valence-electron chi connectivity index (χ2n) is 8.13. The summed E-state index contributed by atoms with van der Waals surface area (Å²) in [5, 5.41) is 5.30. The number of hydrogen-bond acceptors (Lipinski definition) is 5. The van der Waals surface area contributed by atoms with Crippen LogP contribution in [-0.4, -0.2) is 55.5 Å². The number of likely N-dealkylation sites (tertiary alicyclic amines) is 1. The second-order valence-corrected chi connectivity index (χ2v) is 9.27. The van der Waals surface area contributed by atoms with Gasteiger partial charge in [-0.05, 0) is 79.5 Å². The van der Waals surface area contributed by atoms with Crippen molar-refractivity contribution in [2.75, 3.05) is 33.3 Å². The predicted molar refractivity (Wildman–Crippen MR) is 125 cm³/mol. The highest BCUT2D eigenvalue weighted by Crippen LogP contribution is 2.36. The molecular formula is C24H28F3N3O3S. The third kappa shape index (κ3) is 8.57. The molecule has 0 atom stereocenters. The molecule has 0 unspecified atom stereocenters. The fourth-order valence-electron chi connectivity index (χ4n) is 3.76. The molecule has 0 bridgehead atoms. The summed E-state index contributed by atoms with van der Waals surface area (Å²) in [5.74, 6) is 0.285. The smallest absolute Gasteiger partial charge is 0.446 e. The lowest BCUT2D eigenvalue weighted by atomic mass is 9.96. The number of ether oxygens (including phenoxy) is 1. The molecule has 1 heterocycles. The number of piperidine rings is 1. The number of hydrogen-bond donors (Lipinski definition) is 2. The largest absolute Gasteiger partial charge is 0.497 e. The van der Waals surface area contributed by atoms with E-state index in [4.69, 9.17) is 4.74 Å². The van der Waals surface area contributed by atoms with Crippen LogP contribution in [0.25, 0.3) is 0 Å². The van der Waals surface area contributed by atoms with Gasteiger partial charge in [-0.1, -0.05) is 18.2 Å². The van der Waals surface area contributed by atoms with Crippen molar-refractivity contribution in [2.24, 2.45) is 5.92 Å². The van der Waals surface area contributed by atoms with Gasteiger partial charge < -0.3 is 15.4 Å². The molecule has 0 radical (unpaired) electrons. The van der Waals surface area contributed by atoms with Gasteiger partial charge in [0.05, 0.1) is 13.7 Å². The van der Waals surface area contributed by atoms with Crippen molar-refractivity contribution in [1.82, 2.24) is 15.5 Å². The van der Waals surface area contributed by atoms with Crippen LogP contribution in [0.15, 0.2) is 53.4 Å². The lowest BCUT2D eigenvalue weighted by molar-refractivity contribution is -0.120. The molecule has 0 spiro atoms. The summed E-state index contributed by atoms with van der Waals surface area (Å²) >= 11 is -0.285. The van der Waals surface area contributed by atoms with E-state index in [0.717, 1.165) is 44.3 Å². The first kappa shape index (κ1) is 25.9. The summed E-state index contributed by atoms with van der Waals surface area (Å²) < 4.78 is 42.7. The minimum atomic E-state index is -4.43. The van der Waals surface area contributed by atoms with Crippen LogP contribution in [0.5, 0.6) is 5.75 Å². The maximum absolute atomic E-state index is 12.5. The average Bonchev–Trinajstić information content (AvgIpc) is 2.81. The summed E-state index contributed by atoms with van der Waals surface area (Å²) in [4.78, 5) is 26.6. The van der Waals surface area contributed by atoms with Gasteiger partial charge in [-0.15, -0.1) is 0 Å². The van der Waals surface area contributed by atoms with E-state index in [1.165, 1.54) is 23.8 Å². The van der Waals surface area contributed by atoms with E-state index < -0.39 is 11.4 Å². The molecule has 1 fully saturated rings. The first-order valence-corrected chi connectivity index (χ1v) is 11.8. The number of carbonyl (C=O) groups excluding carboxylic acids is 2. The van der Waals surface area contributed by atoms with Crippen LogP contribution in [0, 0.1) is 5.92 Å². The number of carbonyl (C=O) groups is 2. The molecule has 0 saturated carbocycles. The van der Waals surface area contributed by atoms with Crippen LogP contribution in [0.4, 0.5) is 13.2 Å². The molecule has 1 saturated heterocycles. The van der Waals surface area contributed by atoms with Crippen LogP contribution in [0.1, 0.15) is 28.8 Å². The van der Waals surface area contributed by atoms with E-state index >= 15 is 0 Å². The number of rotatable bonds is 9. The molecule has 2 aromatic rings. The molecule has 1 aliphatic rings. The monoisotopic (exact) mass is 495 g/mol. The lowest BCUT2D eigenvalue weighted by Crippen LogP contribution is -2.41. The second kappa shape index (κ2) is 12.1. The summed E-state index contributed by atoms with van der Waals surface area (Å²) in [7, 11) is 1.65. The molecule has 6 nitrogen and oxygen atoms in total. The van der Waals surface area contributed by atoms with Crippen molar-refractivity contribution in [3.05, 3.63) is 59.7 Å². The highest BCUT2D eigenvalue weighted by atomic mass is 32.2. The van der Waals surface area contributed by atoms with Gasteiger partial charge >= 0.3 is 5.51 Å². The molecule has 3 rings (SSSR count).